The molecular formula is C27H24N4O5. The Labute approximate surface area is 208 Å². The standard InChI is InChI=1S/C27H24N4O5/c1-17-5-4-6-21(15-17)27(34)36-23-12-9-20(16-24(23)35-3)18(2)30-31-26(33)25(32)29-22-10-7-19(8-11-22)13-14-28/h4-12,15-16H,13H2,1-3H3,(H,29,32)(H,31,33)/b30-18+. The van der Waals surface area contributed by atoms with Crippen molar-refractivity contribution in [2.45, 2.75) is 20.3 Å². The van der Waals surface area contributed by atoms with Crippen molar-refractivity contribution in [2.75, 3.05) is 12.4 Å². The van der Waals surface area contributed by atoms with E-state index in [9.17, 15) is 14.4 Å². The average Bonchev–Trinajstić information content (AvgIpc) is 2.88. The van der Waals surface area contributed by atoms with E-state index in [1.165, 1.54) is 7.11 Å². The van der Waals surface area contributed by atoms with E-state index < -0.39 is 17.8 Å². The fourth-order valence-corrected chi connectivity index (χ4v) is 3.14. The molecule has 0 aliphatic heterocycles. The maximum absolute atomic E-state index is 12.5. The molecule has 0 atom stereocenters. The van der Waals surface area contributed by atoms with E-state index >= 15 is 0 Å². The van der Waals surface area contributed by atoms with Gasteiger partial charge in [-0.2, -0.15) is 10.4 Å². The van der Waals surface area contributed by atoms with Gasteiger partial charge in [0.15, 0.2) is 11.5 Å². The van der Waals surface area contributed by atoms with Crippen molar-refractivity contribution in [3.8, 4) is 17.6 Å². The second kappa shape index (κ2) is 11.9. The zero-order chi connectivity index (χ0) is 26.1. The SMILES string of the molecule is COc1cc(/C(C)=N/NC(=O)C(=O)Nc2ccc(CC#N)cc2)ccc1OC(=O)c1cccc(C)c1. The van der Waals surface area contributed by atoms with Crippen LogP contribution < -0.4 is 20.2 Å². The van der Waals surface area contributed by atoms with Gasteiger partial charge in [-0.05, 0) is 61.9 Å². The first-order valence-electron chi connectivity index (χ1n) is 10.9. The molecule has 0 fully saturated rings. The summed E-state index contributed by atoms with van der Waals surface area (Å²) in [5, 5.41) is 15.1. The van der Waals surface area contributed by atoms with Crippen molar-refractivity contribution in [3.63, 3.8) is 0 Å². The smallest absolute Gasteiger partial charge is 0.343 e. The number of nitrogens with one attached hydrogen (secondary N) is 2. The van der Waals surface area contributed by atoms with Crippen molar-refractivity contribution in [1.82, 2.24) is 5.43 Å². The molecule has 9 heteroatoms. The van der Waals surface area contributed by atoms with Gasteiger partial charge in [0.2, 0.25) is 0 Å². The lowest BCUT2D eigenvalue weighted by Crippen LogP contribution is -2.32. The topological polar surface area (TPSA) is 130 Å². The summed E-state index contributed by atoms with van der Waals surface area (Å²) < 4.78 is 10.8. The van der Waals surface area contributed by atoms with Gasteiger partial charge >= 0.3 is 17.8 Å². The highest BCUT2D eigenvalue weighted by atomic mass is 16.6. The normalized spacial score (nSPS) is 10.7. The lowest BCUT2D eigenvalue weighted by atomic mass is 10.1. The number of aryl methyl sites for hydroxylation is 1. The number of nitrogens with zero attached hydrogens (tertiary/aromatic N) is 2. The summed E-state index contributed by atoms with van der Waals surface area (Å²) in [5.41, 5.74) is 5.75. The summed E-state index contributed by atoms with van der Waals surface area (Å²) in [6, 6.07) is 20.5. The highest BCUT2D eigenvalue weighted by Crippen LogP contribution is 2.29. The molecule has 0 radical (unpaired) electrons. The van der Waals surface area contributed by atoms with E-state index in [0.29, 0.717) is 28.3 Å². The van der Waals surface area contributed by atoms with Crippen LogP contribution in [0.3, 0.4) is 0 Å². The maximum Gasteiger partial charge on any atom is 0.343 e. The molecule has 0 aliphatic carbocycles. The van der Waals surface area contributed by atoms with Crippen molar-refractivity contribution in [1.29, 1.82) is 5.26 Å². The Morgan fingerprint density at radius 2 is 1.69 bits per heavy atom. The van der Waals surface area contributed by atoms with Crippen LogP contribution in [0, 0.1) is 18.3 Å². The van der Waals surface area contributed by atoms with Crippen molar-refractivity contribution >= 4 is 29.2 Å². The first kappa shape index (κ1) is 25.6. The third kappa shape index (κ3) is 6.77. The molecule has 0 saturated carbocycles. The summed E-state index contributed by atoms with van der Waals surface area (Å²) in [4.78, 5) is 36.8. The summed E-state index contributed by atoms with van der Waals surface area (Å²) in [5.74, 6) is -1.84. The van der Waals surface area contributed by atoms with Crippen LogP contribution in [0.1, 0.15) is 34.0 Å². The van der Waals surface area contributed by atoms with Gasteiger partial charge in [-0.3, -0.25) is 9.59 Å². The number of anilines is 1. The van der Waals surface area contributed by atoms with E-state index in [0.717, 1.165) is 11.1 Å². The number of esters is 1. The molecule has 2 amide bonds. The molecule has 182 valence electrons. The largest absolute Gasteiger partial charge is 0.493 e. The number of hydrazone groups is 1. The van der Waals surface area contributed by atoms with Crippen LogP contribution in [0.5, 0.6) is 11.5 Å². The highest BCUT2D eigenvalue weighted by Gasteiger charge is 2.16. The van der Waals surface area contributed by atoms with Crippen LogP contribution in [0.4, 0.5) is 5.69 Å². The second-order valence-corrected chi connectivity index (χ2v) is 7.75. The molecule has 2 N–H and O–H groups in total. The van der Waals surface area contributed by atoms with Crippen LogP contribution in [-0.4, -0.2) is 30.6 Å². The number of rotatable bonds is 7. The van der Waals surface area contributed by atoms with Crippen LogP contribution in [0.2, 0.25) is 0 Å². The predicted octanol–water partition coefficient (Wildman–Crippen LogP) is 3.77. The number of ether oxygens (including phenoxy) is 2. The van der Waals surface area contributed by atoms with Crippen molar-refractivity contribution in [3.05, 3.63) is 89.0 Å². The Balaban J connectivity index is 1.64. The second-order valence-electron chi connectivity index (χ2n) is 7.75. The Kier molecular flexibility index (Phi) is 8.51. The Bertz CT molecular complexity index is 1360. The number of nitriles is 1. The average molecular weight is 485 g/mol. The van der Waals surface area contributed by atoms with Crippen LogP contribution >= 0.6 is 0 Å². The van der Waals surface area contributed by atoms with Gasteiger partial charge in [0.05, 0.1) is 30.9 Å². The third-order valence-corrected chi connectivity index (χ3v) is 5.06. The van der Waals surface area contributed by atoms with Gasteiger partial charge in [0.1, 0.15) is 0 Å². The van der Waals surface area contributed by atoms with Gasteiger partial charge in [0.25, 0.3) is 0 Å². The monoisotopic (exact) mass is 484 g/mol. The number of carbonyl (C=O) groups excluding carboxylic acids is 3. The van der Waals surface area contributed by atoms with Crippen LogP contribution in [0.15, 0.2) is 71.8 Å². The number of methoxy groups -OCH3 is 1. The lowest BCUT2D eigenvalue weighted by Gasteiger charge is -2.11. The van der Waals surface area contributed by atoms with E-state index in [-0.39, 0.29) is 12.2 Å². The van der Waals surface area contributed by atoms with Crippen LogP contribution in [-0.2, 0) is 16.0 Å². The van der Waals surface area contributed by atoms with Gasteiger partial charge in [-0.1, -0.05) is 29.8 Å². The maximum atomic E-state index is 12.5. The zero-order valence-corrected chi connectivity index (χ0v) is 20.0. The molecule has 0 saturated heterocycles. The van der Waals surface area contributed by atoms with E-state index in [1.54, 1.807) is 67.6 Å². The summed E-state index contributed by atoms with van der Waals surface area (Å²) in [6.45, 7) is 3.52. The predicted molar refractivity (Wildman–Crippen MR) is 134 cm³/mol. The summed E-state index contributed by atoms with van der Waals surface area (Å²) >= 11 is 0. The first-order chi connectivity index (χ1) is 17.3. The molecule has 0 heterocycles. The van der Waals surface area contributed by atoms with Crippen LogP contribution in [0.25, 0.3) is 0 Å². The minimum Gasteiger partial charge on any atom is -0.493 e. The van der Waals surface area contributed by atoms with Gasteiger partial charge < -0.3 is 14.8 Å². The minimum absolute atomic E-state index is 0.227. The molecular weight excluding hydrogens is 460 g/mol. The molecule has 9 nitrogen and oxygen atoms in total. The number of hydrogen-bond acceptors (Lipinski definition) is 7. The molecule has 0 unspecified atom stereocenters. The summed E-state index contributed by atoms with van der Waals surface area (Å²) in [6.07, 6.45) is 0.254. The van der Waals surface area contributed by atoms with Gasteiger partial charge in [-0.25, -0.2) is 10.2 Å². The first-order valence-corrected chi connectivity index (χ1v) is 10.9. The zero-order valence-electron chi connectivity index (χ0n) is 20.0. The third-order valence-electron chi connectivity index (χ3n) is 5.06. The molecule has 3 aromatic carbocycles. The molecule has 3 aromatic rings. The number of benzene rings is 3. The van der Waals surface area contributed by atoms with Gasteiger partial charge in [0, 0.05) is 11.3 Å². The number of hydrogen-bond donors (Lipinski definition) is 2. The quantitative estimate of drug-likeness (QED) is 0.173. The highest BCUT2D eigenvalue weighted by molar-refractivity contribution is 6.39. The Hall–Kier alpha value is -4.97. The molecule has 0 aliphatic rings. The fourth-order valence-electron chi connectivity index (χ4n) is 3.14. The number of amides is 2. The lowest BCUT2D eigenvalue weighted by molar-refractivity contribution is -0.136. The van der Waals surface area contributed by atoms with Gasteiger partial charge in [-0.15, -0.1) is 0 Å². The molecule has 3 rings (SSSR count). The molecule has 0 spiro atoms. The molecule has 36 heavy (non-hydrogen) atoms. The van der Waals surface area contributed by atoms with E-state index in [1.807, 2.05) is 19.1 Å². The van der Waals surface area contributed by atoms with E-state index in [4.69, 9.17) is 14.7 Å². The summed E-state index contributed by atoms with van der Waals surface area (Å²) in [7, 11) is 1.44. The molecule has 0 aromatic heterocycles. The fraction of sp³-hybridized carbons (Fsp3) is 0.148. The van der Waals surface area contributed by atoms with E-state index in [2.05, 4.69) is 15.8 Å². The Morgan fingerprint density at radius 3 is 2.36 bits per heavy atom. The Morgan fingerprint density at radius 1 is 0.944 bits per heavy atom. The molecule has 0 bridgehead atoms. The van der Waals surface area contributed by atoms with Crippen molar-refractivity contribution in [2.24, 2.45) is 5.10 Å². The number of carbonyl (C=O) groups is 3. The minimum atomic E-state index is -0.953. The van der Waals surface area contributed by atoms with Crippen molar-refractivity contribution < 1.29 is 23.9 Å².